The zero-order valence-electron chi connectivity index (χ0n) is 10.9. The van der Waals surface area contributed by atoms with E-state index >= 15 is 0 Å². The Morgan fingerprint density at radius 2 is 2.00 bits per heavy atom. The summed E-state index contributed by atoms with van der Waals surface area (Å²) in [6.07, 6.45) is 6.29. The van der Waals surface area contributed by atoms with Gasteiger partial charge in [-0.15, -0.1) is 0 Å². The molecule has 0 radical (unpaired) electrons. The fourth-order valence-corrected chi connectivity index (χ4v) is 4.32. The van der Waals surface area contributed by atoms with E-state index in [0.29, 0.717) is 6.61 Å². The second-order valence-electron chi connectivity index (χ2n) is 5.71. The van der Waals surface area contributed by atoms with Crippen molar-refractivity contribution in [2.75, 3.05) is 18.1 Å². The van der Waals surface area contributed by atoms with Crippen LogP contribution >= 0.6 is 0 Å². The molecule has 2 heterocycles. The van der Waals surface area contributed by atoms with Gasteiger partial charge in [0.1, 0.15) is 0 Å². The molecule has 1 aromatic rings. The van der Waals surface area contributed by atoms with Crippen LogP contribution < -0.4 is 0 Å². The Bertz CT molecular complexity index is 523. The summed E-state index contributed by atoms with van der Waals surface area (Å²) in [4.78, 5) is 4.49. The summed E-state index contributed by atoms with van der Waals surface area (Å²) in [5.74, 6) is 0.372. The van der Waals surface area contributed by atoms with Crippen LogP contribution in [0.3, 0.4) is 0 Å². The minimum atomic E-state index is -2.80. The Morgan fingerprint density at radius 1 is 1.26 bits per heavy atom. The Hall–Kier alpha value is -0.940. The molecule has 2 aliphatic rings. The zero-order chi connectivity index (χ0) is 13.3. The van der Waals surface area contributed by atoms with Crippen LogP contribution in [0.15, 0.2) is 24.4 Å². The van der Waals surface area contributed by atoms with Gasteiger partial charge in [-0.25, -0.2) is 8.42 Å². The van der Waals surface area contributed by atoms with Crippen molar-refractivity contribution in [3.63, 3.8) is 0 Å². The maximum Gasteiger partial charge on any atom is 0.155 e. The first-order chi connectivity index (χ1) is 9.10. The van der Waals surface area contributed by atoms with E-state index < -0.39 is 9.84 Å². The van der Waals surface area contributed by atoms with Gasteiger partial charge in [-0.3, -0.25) is 4.98 Å². The lowest BCUT2D eigenvalue weighted by molar-refractivity contribution is 0.0335. The molecule has 0 unspecified atom stereocenters. The van der Waals surface area contributed by atoms with E-state index in [2.05, 4.69) is 11.1 Å². The number of aromatic nitrogens is 1. The molecule has 104 valence electrons. The maximum atomic E-state index is 11.2. The van der Waals surface area contributed by atoms with Crippen molar-refractivity contribution in [3.05, 3.63) is 30.1 Å². The molecule has 1 aliphatic carbocycles. The summed E-state index contributed by atoms with van der Waals surface area (Å²) >= 11 is 0. The zero-order valence-corrected chi connectivity index (χ0v) is 11.7. The second kappa shape index (κ2) is 4.87. The topological polar surface area (TPSA) is 56.3 Å². The highest BCUT2D eigenvalue weighted by molar-refractivity contribution is 7.92. The molecule has 0 bridgehead atoms. The Balaban J connectivity index is 1.68. The second-order valence-corrected chi connectivity index (χ2v) is 7.87. The van der Waals surface area contributed by atoms with Crippen molar-refractivity contribution in [3.8, 4) is 0 Å². The van der Waals surface area contributed by atoms with Gasteiger partial charge in [0.2, 0.25) is 0 Å². The third-order valence-corrected chi connectivity index (χ3v) is 6.00. The molecule has 0 N–H and O–H groups in total. The fraction of sp³-hybridized carbons (Fsp3) is 0.643. The first kappa shape index (κ1) is 13.1. The molecule has 2 fully saturated rings. The lowest BCUT2D eigenvalue weighted by Gasteiger charge is -2.33. The van der Waals surface area contributed by atoms with Crippen LogP contribution in [0.25, 0.3) is 0 Å². The number of sulfone groups is 1. The van der Waals surface area contributed by atoms with Crippen LogP contribution in [-0.4, -0.2) is 37.6 Å². The summed E-state index contributed by atoms with van der Waals surface area (Å²) in [5.41, 5.74) is 1.09. The number of ether oxygens (including phenoxy) is 1. The molecule has 0 aromatic carbocycles. The number of nitrogens with zero attached hydrogens (tertiary/aromatic N) is 1. The van der Waals surface area contributed by atoms with Crippen molar-refractivity contribution in [1.82, 2.24) is 4.98 Å². The van der Waals surface area contributed by atoms with Crippen LogP contribution in [-0.2, 0) is 20.0 Å². The molecule has 1 aliphatic heterocycles. The van der Waals surface area contributed by atoms with E-state index in [1.54, 1.807) is 0 Å². The summed E-state index contributed by atoms with van der Waals surface area (Å²) in [7, 11) is -2.80. The van der Waals surface area contributed by atoms with Gasteiger partial charge in [0.25, 0.3) is 0 Å². The molecule has 0 spiro atoms. The highest BCUT2D eigenvalue weighted by Gasteiger charge is 2.40. The first-order valence-corrected chi connectivity index (χ1v) is 8.65. The van der Waals surface area contributed by atoms with Crippen molar-refractivity contribution in [2.45, 2.75) is 37.2 Å². The van der Waals surface area contributed by atoms with Gasteiger partial charge in [0, 0.05) is 17.3 Å². The van der Waals surface area contributed by atoms with E-state index in [1.165, 1.54) is 12.8 Å². The average Bonchev–Trinajstić information content (AvgIpc) is 2.85. The van der Waals surface area contributed by atoms with E-state index in [0.717, 1.165) is 18.5 Å². The molecule has 1 aromatic heterocycles. The Morgan fingerprint density at radius 3 is 2.58 bits per heavy atom. The van der Waals surface area contributed by atoms with E-state index in [1.807, 2.05) is 18.3 Å². The van der Waals surface area contributed by atoms with E-state index in [4.69, 9.17) is 4.74 Å². The number of hydrogen-bond donors (Lipinski definition) is 0. The molecule has 3 rings (SSSR count). The molecule has 4 nitrogen and oxygen atoms in total. The van der Waals surface area contributed by atoms with E-state index in [9.17, 15) is 8.42 Å². The van der Waals surface area contributed by atoms with E-state index in [-0.39, 0.29) is 23.0 Å². The normalized spacial score (nSPS) is 25.1. The monoisotopic (exact) mass is 281 g/mol. The standard InChI is InChI=1S/C14H19NO3S/c16-19(17)9-12(10-19)18-11-14(6-2-3-7-14)13-5-1-4-8-15-13/h1,4-5,8,12H,2-3,6-7,9-11H2. The van der Waals surface area contributed by atoms with Crippen molar-refractivity contribution >= 4 is 9.84 Å². The summed E-state index contributed by atoms with van der Waals surface area (Å²) in [5, 5.41) is 0. The van der Waals surface area contributed by atoms with Gasteiger partial charge in [0.15, 0.2) is 9.84 Å². The smallest absolute Gasteiger partial charge is 0.155 e. The Labute approximate surface area is 114 Å². The van der Waals surface area contributed by atoms with Gasteiger partial charge < -0.3 is 4.74 Å². The predicted molar refractivity (Wildman–Crippen MR) is 72.8 cm³/mol. The van der Waals surface area contributed by atoms with Gasteiger partial charge in [-0.2, -0.15) is 0 Å². The minimum Gasteiger partial charge on any atom is -0.375 e. The van der Waals surface area contributed by atoms with Crippen molar-refractivity contribution in [2.24, 2.45) is 0 Å². The molecule has 19 heavy (non-hydrogen) atoms. The number of hydrogen-bond acceptors (Lipinski definition) is 4. The third kappa shape index (κ3) is 2.67. The van der Waals surface area contributed by atoms with Crippen molar-refractivity contribution in [1.29, 1.82) is 0 Å². The Kier molecular flexibility index (Phi) is 3.35. The molecule has 0 atom stereocenters. The average molecular weight is 281 g/mol. The van der Waals surface area contributed by atoms with Gasteiger partial charge in [0.05, 0.1) is 24.2 Å². The highest BCUT2D eigenvalue weighted by Crippen LogP contribution is 2.40. The lowest BCUT2D eigenvalue weighted by atomic mass is 9.83. The lowest BCUT2D eigenvalue weighted by Crippen LogP contribution is -2.45. The SMILES string of the molecule is O=S1(=O)CC(OCC2(c3ccccn3)CCCC2)C1. The van der Waals surface area contributed by atoms with Gasteiger partial charge >= 0.3 is 0 Å². The number of rotatable bonds is 4. The van der Waals surface area contributed by atoms with Crippen LogP contribution in [0.5, 0.6) is 0 Å². The third-order valence-electron chi connectivity index (χ3n) is 4.24. The minimum absolute atomic E-state index is 0.000607. The quantitative estimate of drug-likeness (QED) is 0.843. The molecule has 5 heteroatoms. The maximum absolute atomic E-state index is 11.2. The summed E-state index contributed by atoms with van der Waals surface area (Å²) in [6.45, 7) is 0.601. The highest BCUT2D eigenvalue weighted by atomic mass is 32.2. The van der Waals surface area contributed by atoms with Gasteiger partial charge in [-0.1, -0.05) is 18.9 Å². The summed E-state index contributed by atoms with van der Waals surface area (Å²) < 4.78 is 28.1. The largest absolute Gasteiger partial charge is 0.375 e. The molecular weight excluding hydrogens is 262 g/mol. The van der Waals surface area contributed by atoms with Crippen LogP contribution in [0, 0.1) is 0 Å². The van der Waals surface area contributed by atoms with Crippen LogP contribution in [0.1, 0.15) is 31.4 Å². The molecule has 0 amide bonds. The molecular formula is C14H19NO3S. The van der Waals surface area contributed by atoms with Crippen LogP contribution in [0.4, 0.5) is 0 Å². The predicted octanol–water partition coefficient (Wildman–Crippen LogP) is 1.71. The van der Waals surface area contributed by atoms with Crippen molar-refractivity contribution < 1.29 is 13.2 Å². The first-order valence-electron chi connectivity index (χ1n) is 6.83. The number of pyridine rings is 1. The fourth-order valence-electron chi connectivity index (χ4n) is 3.09. The molecule has 1 saturated heterocycles. The van der Waals surface area contributed by atoms with Gasteiger partial charge in [-0.05, 0) is 25.0 Å². The molecule has 1 saturated carbocycles. The van der Waals surface area contributed by atoms with Crippen LogP contribution in [0.2, 0.25) is 0 Å². The summed E-state index contributed by atoms with van der Waals surface area (Å²) in [6, 6.07) is 5.99.